The molecule has 1 saturated heterocycles. The van der Waals surface area contributed by atoms with Crippen molar-refractivity contribution in [2.75, 3.05) is 13.2 Å². The quantitative estimate of drug-likeness (QED) is 0.460. The number of halogens is 1. The summed E-state index contributed by atoms with van der Waals surface area (Å²) in [6.07, 6.45) is 4.22. The first kappa shape index (κ1) is 19.2. The molecule has 0 amide bonds. The fraction of sp³-hybridized carbons (Fsp3) is 0.333. The zero-order chi connectivity index (χ0) is 19.3. The minimum Gasteiger partial charge on any atom is -0.481 e. The first-order valence-corrected chi connectivity index (χ1v) is 10.8. The monoisotopic (exact) mass is 396 g/mol. The average Bonchev–Trinajstić information content (AvgIpc) is 3.17. The zero-order valence-electron chi connectivity index (χ0n) is 16.1. The van der Waals surface area contributed by atoms with Crippen LogP contribution >= 0.6 is 11.3 Å². The first-order valence-electron chi connectivity index (χ1n) is 9.96. The van der Waals surface area contributed by atoms with E-state index in [0.717, 1.165) is 60.0 Å². The van der Waals surface area contributed by atoms with Crippen LogP contribution < -0.4 is 4.74 Å². The fourth-order valence-corrected chi connectivity index (χ4v) is 4.48. The molecule has 3 aromatic rings. The second-order valence-corrected chi connectivity index (χ2v) is 8.24. The summed E-state index contributed by atoms with van der Waals surface area (Å²) in [4.78, 5) is 0.893. The lowest BCUT2D eigenvalue weighted by Gasteiger charge is -2.22. The molecule has 0 spiro atoms. The van der Waals surface area contributed by atoms with Crippen molar-refractivity contribution in [2.45, 2.75) is 38.7 Å². The van der Waals surface area contributed by atoms with E-state index in [1.54, 1.807) is 6.07 Å². The normalized spacial score (nSPS) is 14.9. The van der Waals surface area contributed by atoms with E-state index in [1.807, 2.05) is 24.3 Å². The number of aryl methyl sites for hydroxylation is 1. The third-order valence-corrected chi connectivity index (χ3v) is 6.10. The van der Waals surface area contributed by atoms with Gasteiger partial charge in [0.1, 0.15) is 11.9 Å². The van der Waals surface area contributed by atoms with Gasteiger partial charge >= 0.3 is 0 Å². The van der Waals surface area contributed by atoms with E-state index in [1.165, 1.54) is 16.9 Å². The van der Waals surface area contributed by atoms with Crippen LogP contribution in [-0.4, -0.2) is 19.3 Å². The Balaban J connectivity index is 1.50. The lowest BCUT2D eigenvalue weighted by molar-refractivity contribution is 0.0271. The van der Waals surface area contributed by atoms with Crippen LogP contribution in [0.15, 0.2) is 54.6 Å². The second kappa shape index (κ2) is 8.89. The lowest BCUT2D eigenvalue weighted by atomic mass is 10.0. The van der Waals surface area contributed by atoms with Gasteiger partial charge in [-0.2, -0.15) is 0 Å². The van der Waals surface area contributed by atoms with Crippen molar-refractivity contribution in [3.8, 4) is 26.6 Å². The maximum absolute atomic E-state index is 14.8. The predicted octanol–water partition coefficient (Wildman–Crippen LogP) is 6.73. The molecule has 28 heavy (non-hydrogen) atoms. The average molecular weight is 397 g/mol. The summed E-state index contributed by atoms with van der Waals surface area (Å²) in [6.45, 7) is 3.67. The minimum absolute atomic E-state index is 0.197. The van der Waals surface area contributed by atoms with Gasteiger partial charge in [-0.1, -0.05) is 55.0 Å². The number of benzene rings is 2. The Bertz CT molecular complexity index is 911. The second-order valence-electron chi connectivity index (χ2n) is 7.19. The summed E-state index contributed by atoms with van der Waals surface area (Å²) < 4.78 is 26.2. The van der Waals surface area contributed by atoms with Gasteiger partial charge in [0, 0.05) is 23.3 Å². The highest BCUT2D eigenvalue weighted by molar-refractivity contribution is 7.17. The number of hydrogen-bond acceptors (Lipinski definition) is 3. The molecule has 1 aliphatic heterocycles. The summed E-state index contributed by atoms with van der Waals surface area (Å²) >= 11 is 1.50. The van der Waals surface area contributed by atoms with Crippen molar-refractivity contribution in [1.29, 1.82) is 0 Å². The Kier molecular flexibility index (Phi) is 6.08. The summed E-state index contributed by atoms with van der Waals surface area (Å²) in [5, 5.41) is 0.844. The number of thiophene rings is 1. The van der Waals surface area contributed by atoms with Gasteiger partial charge in [-0.15, -0.1) is 0 Å². The van der Waals surface area contributed by atoms with E-state index in [4.69, 9.17) is 9.47 Å². The molecule has 1 aromatic heterocycles. The van der Waals surface area contributed by atoms with E-state index >= 15 is 0 Å². The summed E-state index contributed by atoms with van der Waals surface area (Å²) in [7, 11) is 0. The highest BCUT2D eigenvalue weighted by Crippen LogP contribution is 2.36. The molecule has 0 radical (unpaired) electrons. The third-order valence-electron chi connectivity index (χ3n) is 5.09. The highest BCUT2D eigenvalue weighted by Gasteiger charge is 2.17. The van der Waals surface area contributed by atoms with Crippen LogP contribution in [0.1, 0.15) is 31.7 Å². The summed E-state index contributed by atoms with van der Waals surface area (Å²) in [5.41, 5.74) is 3.89. The van der Waals surface area contributed by atoms with Crippen LogP contribution in [0.3, 0.4) is 0 Å². The standard InChI is InChI=1S/C24H25FO2S/c1-2-3-17-4-6-18(7-5-17)19-8-9-21(22(25)16-19)23-10-11-24(28-23)27-20-12-14-26-15-13-20/h4-11,16,20H,2-3,12-15H2,1H3. The molecule has 0 N–H and O–H groups in total. The molecule has 0 saturated carbocycles. The van der Waals surface area contributed by atoms with Crippen LogP contribution in [0.5, 0.6) is 5.06 Å². The third kappa shape index (κ3) is 4.45. The van der Waals surface area contributed by atoms with E-state index in [-0.39, 0.29) is 11.9 Å². The molecule has 4 heteroatoms. The summed E-state index contributed by atoms with van der Waals surface area (Å²) in [5.74, 6) is -0.199. The lowest BCUT2D eigenvalue weighted by Crippen LogP contribution is -2.25. The molecular weight excluding hydrogens is 371 g/mol. The van der Waals surface area contributed by atoms with Gasteiger partial charge in [0.25, 0.3) is 0 Å². The number of rotatable bonds is 6. The molecule has 0 unspecified atom stereocenters. The molecule has 2 nitrogen and oxygen atoms in total. The van der Waals surface area contributed by atoms with Gasteiger partial charge < -0.3 is 9.47 Å². The molecule has 0 bridgehead atoms. The molecule has 2 aromatic carbocycles. The molecule has 146 valence electrons. The van der Waals surface area contributed by atoms with Gasteiger partial charge in [-0.3, -0.25) is 0 Å². The van der Waals surface area contributed by atoms with E-state index < -0.39 is 0 Å². The summed E-state index contributed by atoms with van der Waals surface area (Å²) in [6, 6.07) is 17.8. The van der Waals surface area contributed by atoms with Crippen molar-refractivity contribution in [1.82, 2.24) is 0 Å². The SMILES string of the molecule is CCCc1ccc(-c2ccc(-c3ccc(OC4CCOCC4)s3)c(F)c2)cc1. The van der Waals surface area contributed by atoms with Gasteiger partial charge in [-0.25, -0.2) is 4.39 Å². The largest absolute Gasteiger partial charge is 0.481 e. The molecule has 0 aliphatic carbocycles. The zero-order valence-corrected chi connectivity index (χ0v) is 16.9. The maximum Gasteiger partial charge on any atom is 0.174 e. The number of ether oxygens (including phenoxy) is 2. The molecule has 0 atom stereocenters. The Morgan fingerprint density at radius 2 is 1.75 bits per heavy atom. The van der Waals surface area contributed by atoms with Gasteiger partial charge in [0.15, 0.2) is 5.06 Å². The molecular formula is C24H25FO2S. The number of hydrogen-bond donors (Lipinski definition) is 0. The molecule has 4 rings (SSSR count). The highest BCUT2D eigenvalue weighted by atomic mass is 32.1. The van der Waals surface area contributed by atoms with Crippen LogP contribution in [0, 0.1) is 5.82 Å². The Morgan fingerprint density at radius 3 is 2.46 bits per heavy atom. The molecule has 1 aliphatic rings. The maximum atomic E-state index is 14.8. The van der Waals surface area contributed by atoms with Crippen LogP contribution in [0.4, 0.5) is 4.39 Å². The molecule has 1 fully saturated rings. The van der Waals surface area contributed by atoms with Crippen LogP contribution in [-0.2, 0) is 11.2 Å². The fourth-order valence-electron chi connectivity index (χ4n) is 3.53. The van der Waals surface area contributed by atoms with Crippen molar-refractivity contribution < 1.29 is 13.9 Å². The van der Waals surface area contributed by atoms with Crippen molar-refractivity contribution >= 4 is 11.3 Å². The van der Waals surface area contributed by atoms with Crippen LogP contribution in [0.25, 0.3) is 21.6 Å². The topological polar surface area (TPSA) is 18.5 Å². The molecule has 2 heterocycles. The van der Waals surface area contributed by atoms with Gasteiger partial charge in [0.05, 0.1) is 13.2 Å². The smallest absolute Gasteiger partial charge is 0.174 e. The van der Waals surface area contributed by atoms with Crippen molar-refractivity contribution in [2.24, 2.45) is 0 Å². The van der Waals surface area contributed by atoms with Crippen molar-refractivity contribution in [3.63, 3.8) is 0 Å². The van der Waals surface area contributed by atoms with Gasteiger partial charge in [-0.05, 0) is 47.4 Å². The minimum atomic E-state index is -0.199. The van der Waals surface area contributed by atoms with Crippen LogP contribution in [0.2, 0.25) is 0 Å². The van der Waals surface area contributed by atoms with E-state index in [0.29, 0.717) is 5.56 Å². The van der Waals surface area contributed by atoms with E-state index in [2.05, 4.69) is 31.2 Å². The Hall–Kier alpha value is -2.17. The van der Waals surface area contributed by atoms with Gasteiger partial charge in [0.2, 0.25) is 0 Å². The Morgan fingerprint density at radius 1 is 1.00 bits per heavy atom. The Labute approximate surface area is 169 Å². The first-order chi connectivity index (χ1) is 13.7. The predicted molar refractivity (Wildman–Crippen MR) is 114 cm³/mol. The van der Waals surface area contributed by atoms with Crippen molar-refractivity contribution in [3.05, 3.63) is 66.0 Å². The van der Waals surface area contributed by atoms with E-state index in [9.17, 15) is 4.39 Å².